The maximum atomic E-state index is 6.01. The summed E-state index contributed by atoms with van der Waals surface area (Å²) >= 11 is 6.01. The summed E-state index contributed by atoms with van der Waals surface area (Å²) in [6.07, 6.45) is 1.50. The fourth-order valence-electron chi connectivity index (χ4n) is 1.41. The molecule has 0 aliphatic rings. The highest BCUT2D eigenvalue weighted by atomic mass is 35.5. The van der Waals surface area contributed by atoms with Crippen molar-refractivity contribution in [3.05, 3.63) is 11.2 Å². The normalized spacial score (nSPS) is 12.3. The molecule has 6 nitrogen and oxygen atoms in total. The fraction of sp³-hybridized carbons (Fsp3) is 0.600. The molecule has 0 radical (unpaired) electrons. The summed E-state index contributed by atoms with van der Waals surface area (Å²) in [7, 11) is 4.97. The highest BCUT2D eigenvalue weighted by Crippen LogP contribution is 2.23. The van der Waals surface area contributed by atoms with Gasteiger partial charge >= 0.3 is 6.01 Å². The van der Waals surface area contributed by atoms with Crippen LogP contribution >= 0.6 is 11.6 Å². The lowest BCUT2D eigenvalue weighted by Gasteiger charge is -2.22. The first-order chi connectivity index (χ1) is 8.08. The third kappa shape index (κ3) is 3.99. The van der Waals surface area contributed by atoms with E-state index in [1.165, 1.54) is 13.3 Å². The molecule has 2 N–H and O–H groups in total. The van der Waals surface area contributed by atoms with Crippen LogP contribution in [-0.2, 0) is 4.74 Å². The van der Waals surface area contributed by atoms with Crippen molar-refractivity contribution in [3.8, 4) is 6.01 Å². The van der Waals surface area contributed by atoms with Crippen LogP contribution in [0.4, 0.5) is 5.82 Å². The standard InChI is InChI=1S/C10H17ClN4O2/c1-15(5-7(12)6-16-2)9-8(11)4-13-10(14-9)17-3/h4,7H,5-6,12H2,1-3H3. The van der Waals surface area contributed by atoms with Crippen LogP contribution in [0.2, 0.25) is 5.02 Å². The Morgan fingerprint density at radius 1 is 1.53 bits per heavy atom. The Morgan fingerprint density at radius 2 is 2.24 bits per heavy atom. The molecule has 0 fully saturated rings. The van der Waals surface area contributed by atoms with Crippen LogP contribution in [0.1, 0.15) is 0 Å². The molecule has 0 saturated carbocycles. The highest BCUT2D eigenvalue weighted by Gasteiger charge is 2.13. The second-order valence-corrected chi connectivity index (χ2v) is 4.03. The molecule has 7 heteroatoms. The van der Waals surface area contributed by atoms with Crippen LogP contribution in [-0.4, -0.2) is 50.4 Å². The fourth-order valence-corrected chi connectivity index (χ4v) is 1.65. The molecule has 1 rings (SSSR count). The maximum Gasteiger partial charge on any atom is 0.318 e. The van der Waals surface area contributed by atoms with Gasteiger partial charge in [-0.2, -0.15) is 4.98 Å². The number of methoxy groups -OCH3 is 2. The Hall–Kier alpha value is -1.11. The van der Waals surface area contributed by atoms with Crippen molar-refractivity contribution in [1.29, 1.82) is 0 Å². The summed E-state index contributed by atoms with van der Waals surface area (Å²) in [6.45, 7) is 1.05. The number of hydrogen-bond acceptors (Lipinski definition) is 6. The Bertz CT molecular complexity index is 364. The second kappa shape index (κ2) is 6.58. The molecular weight excluding hydrogens is 244 g/mol. The van der Waals surface area contributed by atoms with Gasteiger partial charge in [0, 0.05) is 26.7 Å². The number of anilines is 1. The second-order valence-electron chi connectivity index (χ2n) is 3.62. The van der Waals surface area contributed by atoms with Gasteiger partial charge in [0.05, 0.1) is 19.9 Å². The molecule has 0 spiro atoms. The average Bonchev–Trinajstić information content (AvgIpc) is 2.29. The molecule has 17 heavy (non-hydrogen) atoms. The lowest BCUT2D eigenvalue weighted by Crippen LogP contribution is -2.38. The van der Waals surface area contributed by atoms with Crippen LogP contribution in [0.25, 0.3) is 0 Å². The zero-order valence-corrected chi connectivity index (χ0v) is 10.9. The molecule has 1 aromatic heterocycles. The monoisotopic (exact) mass is 260 g/mol. The van der Waals surface area contributed by atoms with Gasteiger partial charge in [-0.05, 0) is 0 Å². The van der Waals surface area contributed by atoms with E-state index in [4.69, 9.17) is 26.8 Å². The minimum Gasteiger partial charge on any atom is -0.467 e. The Balaban J connectivity index is 2.76. The molecule has 1 atom stereocenters. The lowest BCUT2D eigenvalue weighted by atomic mass is 10.3. The molecule has 0 aliphatic carbocycles. The summed E-state index contributed by atoms with van der Waals surface area (Å²) in [5.41, 5.74) is 5.86. The zero-order valence-electron chi connectivity index (χ0n) is 10.2. The first-order valence-electron chi connectivity index (χ1n) is 5.10. The van der Waals surface area contributed by atoms with Gasteiger partial charge in [0.15, 0.2) is 5.82 Å². The molecule has 1 aromatic rings. The maximum absolute atomic E-state index is 6.01. The number of nitrogens with zero attached hydrogens (tertiary/aromatic N) is 3. The van der Waals surface area contributed by atoms with Gasteiger partial charge < -0.3 is 20.1 Å². The van der Waals surface area contributed by atoms with E-state index in [0.717, 1.165) is 0 Å². The van der Waals surface area contributed by atoms with Gasteiger partial charge in [0.1, 0.15) is 5.02 Å². The van der Waals surface area contributed by atoms with Crippen molar-refractivity contribution in [1.82, 2.24) is 9.97 Å². The van der Waals surface area contributed by atoms with Crippen molar-refractivity contribution < 1.29 is 9.47 Å². The Labute approximate surface area is 106 Å². The van der Waals surface area contributed by atoms with Gasteiger partial charge in [0.25, 0.3) is 0 Å². The van der Waals surface area contributed by atoms with Crippen LogP contribution < -0.4 is 15.4 Å². The number of halogens is 1. The predicted molar refractivity (Wildman–Crippen MR) is 66.7 cm³/mol. The average molecular weight is 261 g/mol. The summed E-state index contributed by atoms with van der Waals surface area (Å²) in [5, 5.41) is 0.456. The molecular formula is C10H17ClN4O2. The molecule has 0 bridgehead atoms. The number of aromatic nitrogens is 2. The first-order valence-corrected chi connectivity index (χ1v) is 5.48. The third-order valence-corrected chi connectivity index (χ3v) is 2.40. The van der Waals surface area contributed by atoms with E-state index in [2.05, 4.69) is 9.97 Å². The zero-order chi connectivity index (χ0) is 12.8. The van der Waals surface area contributed by atoms with E-state index in [-0.39, 0.29) is 12.1 Å². The van der Waals surface area contributed by atoms with Gasteiger partial charge in [0.2, 0.25) is 0 Å². The molecule has 0 aliphatic heterocycles. The largest absolute Gasteiger partial charge is 0.467 e. The molecule has 1 heterocycles. The smallest absolute Gasteiger partial charge is 0.318 e. The predicted octanol–water partition coefficient (Wildman–Crippen LogP) is 0.549. The first kappa shape index (κ1) is 14.0. The van der Waals surface area contributed by atoms with E-state index in [1.54, 1.807) is 7.11 Å². The highest BCUT2D eigenvalue weighted by molar-refractivity contribution is 6.32. The molecule has 0 amide bonds. The summed E-state index contributed by atoms with van der Waals surface area (Å²) in [4.78, 5) is 9.92. The number of hydrogen-bond donors (Lipinski definition) is 1. The van der Waals surface area contributed by atoms with Crippen molar-refractivity contribution in [2.45, 2.75) is 6.04 Å². The van der Waals surface area contributed by atoms with Crippen LogP contribution in [0.3, 0.4) is 0 Å². The van der Waals surface area contributed by atoms with Crippen molar-refractivity contribution in [2.24, 2.45) is 5.73 Å². The van der Waals surface area contributed by atoms with Crippen LogP contribution in [0.5, 0.6) is 6.01 Å². The number of likely N-dealkylation sites (N-methyl/N-ethyl adjacent to an activating group) is 1. The topological polar surface area (TPSA) is 73.5 Å². The van der Waals surface area contributed by atoms with Crippen molar-refractivity contribution >= 4 is 17.4 Å². The van der Waals surface area contributed by atoms with Gasteiger partial charge in [-0.1, -0.05) is 11.6 Å². The summed E-state index contributed by atoms with van der Waals surface area (Å²) in [5.74, 6) is 0.588. The third-order valence-electron chi connectivity index (χ3n) is 2.14. The Kier molecular flexibility index (Phi) is 5.40. The van der Waals surface area contributed by atoms with Crippen LogP contribution in [0, 0.1) is 0 Å². The number of ether oxygens (including phenoxy) is 2. The minimum absolute atomic E-state index is 0.109. The van der Waals surface area contributed by atoms with Gasteiger partial charge in [-0.15, -0.1) is 0 Å². The lowest BCUT2D eigenvalue weighted by molar-refractivity contribution is 0.181. The van der Waals surface area contributed by atoms with Crippen LogP contribution in [0.15, 0.2) is 6.20 Å². The quantitative estimate of drug-likeness (QED) is 0.805. The van der Waals surface area contributed by atoms with E-state index in [0.29, 0.717) is 24.0 Å². The summed E-state index contributed by atoms with van der Waals surface area (Å²) in [6, 6.07) is 0.165. The van der Waals surface area contributed by atoms with Gasteiger partial charge in [-0.25, -0.2) is 4.98 Å². The van der Waals surface area contributed by atoms with E-state index < -0.39 is 0 Å². The molecule has 1 unspecified atom stereocenters. The number of nitrogens with two attached hydrogens (primary N) is 1. The number of rotatable bonds is 6. The van der Waals surface area contributed by atoms with Gasteiger partial charge in [-0.3, -0.25) is 0 Å². The van der Waals surface area contributed by atoms with Crippen molar-refractivity contribution in [2.75, 3.05) is 39.3 Å². The SMILES string of the molecule is COCC(N)CN(C)c1nc(OC)ncc1Cl. The van der Waals surface area contributed by atoms with E-state index >= 15 is 0 Å². The molecule has 0 saturated heterocycles. The van der Waals surface area contributed by atoms with E-state index in [1.807, 2.05) is 11.9 Å². The Morgan fingerprint density at radius 3 is 2.82 bits per heavy atom. The molecule has 0 aromatic carbocycles. The van der Waals surface area contributed by atoms with E-state index in [9.17, 15) is 0 Å². The minimum atomic E-state index is -0.109. The van der Waals surface area contributed by atoms with Crippen molar-refractivity contribution in [3.63, 3.8) is 0 Å². The molecule has 96 valence electrons. The summed E-state index contributed by atoms with van der Waals surface area (Å²) < 4.78 is 9.92.